The molecule has 0 aliphatic carbocycles. The first-order valence-electron chi connectivity index (χ1n) is 9.59. The quantitative estimate of drug-likeness (QED) is 0.440. The fourth-order valence-electron chi connectivity index (χ4n) is 3.38. The number of carbonyl (C=O) groups is 1. The Balaban J connectivity index is 1.49. The lowest BCUT2D eigenvalue weighted by Gasteiger charge is -2.10. The molecule has 0 aliphatic rings. The zero-order chi connectivity index (χ0) is 20.3. The Hall–Kier alpha value is -3.77. The van der Waals surface area contributed by atoms with Crippen LogP contribution < -0.4 is 5.32 Å². The molecular weight excluding hydrogens is 392 g/mol. The summed E-state index contributed by atoms with van der Waals surface area (Å²) in [5.41, 5.74) is 4.15. The molecule has 5 rings (SSSR count). The molecule has 2 aromatic carbocycles. The number of thiophene rings is 1. The van der Waals surface area contributed by atoms with Gasteiger partial charge in [0.2, 0.25) is 0 Å². The van der Waals surface area contributed by atoms with Crippen molar-refractivity contribution in [3.05, 3.63) is 101 Å². The van der Waals surface area contributed by atoms with E-state index in [-0.39, 0.29) is 5.91 Å². The lowest BCUT2D eigenvalue weighted by molar-refractivity contribution is 0.0951. The zero-order valence-electron chi connectivity index (χ0n) is 16.0. The molecule has 146 valence electrons. The Labute approximate surface area is 177 Å². The molecule has 30 heavy (non-hydrogen) atoms. The third-order valence-electron chi connectivity index (χ3n) is 4.84. The van der Waals surface area contributed by atoms with Crippen molar-refractivity contribution in [2.45, 2.75) is 6.54 Å². The summed E-state index contributed by atoms with van der Waals surface area (Å²) < 4.78 is 2.03. The van der Waals surface area contributed by atoms with E-state index in [0.29, 0.717) is 12.1 Å². The van der Waals surface area contributed by atoms with Crippen molar-refractivity contribution in [3.63, 3.8) is 0 Å². The van der Waals surface area contributed by atoms with Gasteiger partial charge in [0.05, 0.1) is 6.54 Å². The molecular formula is C24H18N4OS. The van der Waals surface area contributed by atoms with E-state index in [2.05, 4.69) is 10.3 Å². The van der Waals surface area contributed by atoms with Crippen LogP contribution in [-0.2, 0) is 6.54 Å². The number of imidazole rings is 1. The van der Waals surface area contributed by atoms with Gasteiger partial charge in [-0.1, -0.05) is 36.4 Å². The average molecular weight is 411 g/mol. The second kappa shape index (κ2) is 7.93. The maximum atomic E-state index is 12.5. The van der Waals surface area contributed by atoms with Crippen molar-refractivity contribution >= 4 is 28.4 Å². The highest BCUT2D eigenvalue weighted by atomic mass is 32.1. The molecule has 0 aliphatic heterocycles. The molecule has 1 N–H and O–H groups in total. The molecule has 0 spiro atoms. The van der Waals surface area contributed by atoms with Crippen LogP contribution in [0.25, 0.3) is 28.2 Å². The zero-order valence-corrected chi connectivity index (χ0v) is 16.8. The summed E-state index contributed by atoms with van der Waals surface area (Å²) in [6.07, 6.45) is 1.77. The number of rotatable bonds is 5. The van der Waals surface area contributed by atoms with Crippen LogP contribution in [0.15, 0.2) is 90.4 Å². The number of hydrogen-bond donors (Lipinski definition) is 1. The van der Waals surface area contributed by atoms with E-state index in [4.69, 9.17) is 4.98 Å². The third kappa shape index (κ3) is 3.49. The SMILES string of the molecule is O=C(NCc1cccs1)c1ccc(-n2c(-c3ccccc3)nc3cccnc32)cc1. The minimum atomic E-state index is -0.0909. The van der Waals surface area contributed by atoms with Gasteiger partial charge >= 0.3 is 0 Å². The van der Waals surface area contributed by atoms with Crippen molar-refractivity contribution in [2.75, 3.05) is 0 Å². The van der Waals surface area contributed by atoms with Gasteiger partial charge in [0, 0.05) is 27.9 Å². The summed E-state index contributed by atoms with van der Waals surface area (Å²) >= 11 is 1.63. The highest BCUT2D eigenvalue weighted by molar-refractivity contribution is 7.09. The van der Waals surface area contributed by atoms with Crippen LogP contribution in [0.4, 0.5) is 0 Å². The minimum Gasteiger partial charge on any atom is -0.347 e. The Morgan fingerprint density at radius 3 is 2.53 bits per heavy atom. The van der Waals surface area contributed by atoms with Gasteiger partial charge in [-0.3, -0.25) is 9.36 Å². The van der Waals surface area contributed by atoms with Crippen LogP contribution in [0.5, 0.6) is 0 Å². The first-order valence-corrected chi connectivity index (χ1v) is 10.5. The number of amides is 1. The Bertz CT molecular complexity index is 1290. The van der Waals surface area contributed by atoms with Crippen molar-refractivity contribution in [3.8, 4) is 17.1 Å². The van der Waals surface area contributed by atoms with Crippen molar-refractivity contribution < 1.29 is 4.79 Å². The fourth-order valence-corrected chi connectivity index (χ4v) is 4.03. The topological polar surface area (TPSA) is 59.8 Å². The molecule has 0 saturated carbocycles. The van der Waals surface area contributed by atoms with E-state index in [0.717, 1.165) is 33.1 Å². The average Bonchev–Trinajstić information content (AvgIpc) is 3.46. The Morgan fingerprint density at radius 2 is 1.77 bits per heavy atom. The number of fused-ring (bicyclic) bond motifs is 1. The van der Waals surface area contributed by atoms with Crippen molar-refractivity contribution in [1.29, 1.82) is 0 Å². The van der Waals surface area contributed by atoms with Crippen LogP contribution in [0.3, 0.4) is 0 Å². The summed E-state index contributed by atoms with van der Waals surface area (Å²) in [5, 5.41) is 4.97. The van der Waals surface area contributed by atoms with E-state index in [1.165, 1.54) is 0 Å². The smallest absolute Gasteiger partial charge is 0.251 e. The Kier molecular flexibility index (Phi) is 4.83. The van der Waals surface area contributed by atoms with Gasteiger partial charge in [0.15, 0.2) is 5.65 Å². The molecule has 0 saturated heterocycles. The number of nitrogens with zero attached hydrogens (tertiary/aromatic N) is 3. The monoisotopic (exact) mass is 410 g/mol. The number of nitrogens with one attached hydrogen (secondary N) is 1. The molecule has 0 radical (unpaired) electrons. The lowest BCUT2D eigenvalue weighted by Crippen LogP contribution is -2.22. The van der Waals surface area contributed by atoms with Crippen LogP contribution in [0.1, 0.15) is 15.2 Å². The predicted octanol–water partition coefficient (Wildman–Crippen LogP) is 5.08. The molecule has 0 fully saturated rings. The molecule has 3 heterocycles. The lowest BCUT2D eigenvalue weighted by atomic mass is 10.1. The standard InChI is InChI=1S/C24H18N4OS/c29-24(26-16-20-8-5-15-30-20)18-10-12-19(13-11-18)28-22(17-6-2-1-3-7-17)27-21-9-4-14-25-23(21)28/h1-15H,16H2,(H,26,29). The van der Waals surface area contributed by atoms with E-state index >= 15 is 0 Å². The summed E-state index contributed by atoms with van der Waals surface area (Å²) in [5.74, 6) is 0.728. The van der Waals surface area contributed by atoms with Crippen LogP contribution >= 0.6 is 11.3 Å². The largest absolute Gasteiger partial charge is 0.347 e. The summed E-state index contributed by atoms with van der Waals surface area (Å²) in [4.78, 5) is 23.0. The number of hydrogen-bond acceptors (Lipinski definition) is 4. The molecule has 0 atom stereocenters. The maximum absolute atomic E-state index is 12.5. The third-order valence-corrected chi connectivity index (χ3v) is 5.72. The second-order valence-corrected chi connectivity index (χ2v) is 7.82. The van der Waals surface area contributed by atoms with Crippen LogP contribution in [0, 0.1) is 0 Å². The number of carbonyl (C=O) groups excluding carboxylic acids is 1. The highest BCUT2D eigenvalue weighted by Gasteiger charge is 2.15. The van der Waals surface area contributed by atoms with Gasteiger partial charge in [0.1, 0.15) is 11.3 Å². The molecule has 3 aromatic heterocycles. The fraction of sp³-hybridized carbons (Fsp3) is 0.0417. The maximum Gasteiger partial charge on any atom is 0.251 e. The highest BCUT2D eigenvalue weighted by Crippen LogP contribution is 2.27. The Morgan fingerprint density at radius 1 is 0.933 bits per heavy atom. The predicted molar refractivity (Wildman–Crippen MR) is 120 cm³/mol. The summed E-state index contributed by atoms with van der Waals surface area (Å²) in [6.45, 7) is 0.534. The van der Waals surface area contributed by atoms with Gasteiger partial charge in [0.25, 0.3) is 5.91 Å². The van der Waals surface area contributed by atoms with Crippen molar-refractivity contribution in [2.24, 2.45) is 0 Å². The minimum absolute atomic E-state index is 0.0909. The van der Waals surface area contributed by atoms with E-state index in [1.54, 1.807) is 17.5 Å². The van der Waals surface area contributed by atoms with E-state index in [1.807, 2.05) is 88.8 Å². The summed E-state index contributed by atoms with van der Waals surface area (Å²) in [7, 11) is 0. The molecule has 5 nitrogen and oxygen atoms in total. The molecule has 0 bridgehead atoms. The molecule has 0 unspecified atom stereocenters. The molecule has 6 heteroatoms. The number of pyridine rings is 1. The first kappa shape index (κ1) is 18.3. The van der Waals surface area contributed by atoms with E-state index < -0.39 is 0 Å². The summed E-state index contributed by atoms with van der Waals surface area (Å²) in [6, 6.07) is 25.4. The normalized spacial score (nSPS) is 10.9. The van der Waals surface area contributed by atoms with Gasteiger partial charge < -0.3 is 5.32 Å². The number of benzene rings is 2. The van der Waals surface area contributed by atoms with E-state index in [9.17, 15) is 4.79 Å². The second-order valence-electron chi connectivity index (χ2n) is 6.79. The molecule has 1 amide bonds. The van der Waals surface area contributed by atoms with Gasteiger partial charge in [-0.15, -0.1) is 11.3 Å². The van der Waals surface area contributed by atoms with Gasteiger partial charge in [-0.05, 0) is 47.8 Å². The van der Waals surface area contributed by atoms with Crippen LogP contribution in [0.2, 0.25) is 0 Å². The van der Waals surface area contributed by atoms with Crippen molar-refractivity contribution in [1.82, 2.24) is 19.9 Å². The van der Waals surface area contributed by atoms with Gasteiger partial charge in [-0.2, -0.15) is 0 Å². The molecule has 5 aromatic rings. The van der Waals surface area contributed by atoms with Crippen LogP contribution in [-0.4, -0.2) is 20.4 Å². The first-order chi connectivity index (χ1) is 14.8. The van der Waals surface area contributed by atoms with Gasteiger partial charge in [-0.25, -0.2) is 9.97 Å². The number of aromatic nitrogens is 3.